The molecule has 0 bridgehead atoms. The first kappa shape index (κ1) is 23.2. The van der Waals surface area contributed by atoms with E-state index < -0.39 is 19.0 Å². The predicted octanol–water partition coefficient (Wildman–Crippen LogP) is 5.67. The van der Waals surface area contributed by atoms with Crippen LogP contribution in [-0.4, -0.2) is 24.1 Å². The summed E-state index contributed by atoms with van der Waals surface area (Å²) in [6.07, 6.45) is 10.4. The van der Waals surface area contributed by atoms with Crippen LogP contribution < -0.4 is 5.32 Å². The summed E-state index contributed by atoms with van der Waals surface area (Å²) in [4.78, 5) is 11.0. The van der Waals surface area contributed by atoms with E-state index in [0.29, 0.717) is 24.5 Å². The molecule has 1 aliphatic rings. The summed E-state index contributed by atoms with van der Waals surface area (Å²) in [6, 6.07) is 1.52. The van der Waals surface area contributed by atoms with E-state index in [9.17, 15) is 13.6 Å². The molecule has 0 spiro atoms. The van der Waals surface area contributed by atoms with Crippen LogP contribution >= 0.6 is 0 Å². The predicted molar refractivity (Wildman–Crippen MR) is 111 cm³/mol. The van der Waals surface area contributed by atoms with Gasteiger partial charge in [-0.15, -0.1) is 0 Å². The van der Waals surface area contributed by atoms with Crippen LogP contribution in [0.25, 0.3) is 0 Å². The Hall–Kier alpha value is -3.09. The SMILES string of the molecule is CC/C(=C\C=C(/C)C1=CC=C(OC(F)CF)CC=C1)NCc1cc(C(=O)O)oc1C. The molecule has 1 aromatic rings. The number of alkyl halides is 2. The highest BCUT2D eigenvalue weighted by Crippen LogP contribution is 2.20. The second-order valence-electron chi connectivity index (χ2n) is 6.79. The van der Waals surface area contributed by atoms with Crippen LogP contribution in [-0.2, 0) is 11.3 Å². The maximum atomic E-state index is 13.1. The quantitative estimate of drug-likeness (QED) is 0.478. The fraction of sp³-hybridized carbons (Fsp3) is 0.348. The number of rotatable bonds is 10. The van der Waals surface area contributed by atoms with Gasteiger partial charge in [0, 0.05) is 24.2 Å². The van der Waals surface area contributed by atoms with Crippen LogP contribution in [0.2, 0.25) is 0 Å². The van der Waals surface area contributed by atoms with Crippen molar-refractivity contribution in [2.75, 3.05) is 6.67 Å². The fourth-order valence-electron chi connectivity index (χ4n) is 2.79. The van der Waals surface area contributed by atoms with Crippen molar-refractivity contribution >= 4 is 5.97 Å². The van der Waals surface area contributed by atoms with E-state index in [0.717, 1.165) is 28.8 Å². The molecule has 2 N–H and O–H groups in total. The van der Waals surface area contributed by atoms with Gasteiger partial charge in [0.2, 0.25) is 5.76 Å². The van der Waals surface area contributed by atoms with Crippen molar-refractivity contribution in [1.82, 2.24) is 5.32 Å². The number of ether oxygens (including phenoxy) is 1. The Morgan fingerprint density at radius 2 is 2.17 bits per heavy atom. The molecule has 1 aliphatic carbocycles. The lowest BCUT2D eigenvalue weighted by atomic mass is 10.1. The summed E-state index contributed by atoms with van der Waals surface area (Å²) < 4.78 is 35.5. The van der Waals surface area contributed by atoms with Crippen molar-refractivity contribution in [2.45, 2.75) is 46.5 Å². The van der Waals surface area contributed by atoms with Crippen molar-refractivity contribution in [3.8, 4) is 0 Å². The third-order valence-corrected chi connectivity index (χ3v) is 4.57. The molecule has 0 radical (unpaired) electrons. The Balaban J connectivity index is 2.05. The molecule has 5 nitrogen and oxygen atoms in total. The Bertz CT molecular complexity index is 906. The zero-order chi connectivity index (χ0) is 22.1. The van der Waals surface area contributed by atoms with Crippen molar-refractivity contribution in [3.05, 3.63) is 82.2 Å². The van der Waals surface area contributed by atoms with Crippen LogP contribution in [0, 0.1) is 6.92 Å². The second-order valence-corrected chi connectivity index (χ2v) is 6.79. The minimum absolute atomic E-state index is 0.0730. The number of aryl methyl sites for hydroxylation is 1. The maximum absolute atomic E-state index is 13.1. The third-order valence-electron chi connectivity index (χ3n) is 4.57. The summed E-state index contributed by atoms with van der Waals surface area (Å²) in [5.41, 5.74) is 3.70. The van der Waals surface area contributed by atoms with Gasteiger partial charge in [0.15, 0.2) is 6.67 Å². The molecule has 0 saturated heterocycles. The van der Waals surface area contributed by atoms with E-state index in [4.69, 9.17) is 14.3 Å². The zero-order valence-corrected chi connectivity index (χ0v) is 17.4. The van der Waals surface area contributed by atoms with Gasteiger partial charge in [-0.3, -0.25) is 0 Å². The van der Waals surface area contributed by atoms with Crippen molar-refractivity contribution in [3.63, 3.8) is 0 Å². The van der Waals surface area contributed by atoms with E-state index in [-0.39, 0.29) is 5.76 Å². The Morgan fingerprint density at radius 3 is 2.80 bits per heavy atom. The number of carboxylic acid groups (broad SMARTS) is 1. The summed E-state index contributed by atoms with van der Waals surface area (Å²) in [5.74, 6) is -0.213. The molecule has 1 aromatic heterocycles. The minimum Gasteiger partial charge on any atom is -0.475 e. The van der Waals surface area contributed by atoms with Crippen molar-refractivity contribution < 1.29 is 27.8 Å². The lowest BCUT2D eigenvalue weighted by Gasteiger charge is -2.09. The number of carboxylic acids is 1. The molecule has 0 saturated carbocycles. The topological polar surface area (TPSA) is 71.7 Å². The van der Waals surface area contributed by atoms with Crippen LogP contribution in [0.1, 0.15) is 48.6 Å². The van der Waals surface area contributed by atoms with Gasteiger partial charge in [-0.2, -0.15) is 4.39 Å². The number of hydrogen-bond acceptors (Lipinski definition) is 4. The van der Waals surface area contributed by atoms with Crippen molar-refractivity contribution in [2.24, 2.45) is 0 Å². The van der Waals surface area contributed by atoms with E-state index in [1.165, 1.54) is 6.07 Å². The highest BCUT2D eigenvalue weighted by Gasteiger charge is 2.13. The molecular weight excluding hydrogens is 392 g/mol. The normalized spacial score (nSPS) is 15.9. The molecule has 1 atom stereocenters. The smallest absolute Gasteiger partial charge is 0.371 e. The van der Waals surface area contributed by atoms with Crippen LogP contribution in [0.4, 0.5) is 8.78 Å². The average Bonchev–Trinajstić information content (AvgIpc) is 2.94. The van der Waals surface area contributed by atoms with Gasteiger partial charge in [0.05, 0.1) is 0 Å². The van der Waals surface area contributed by atoms with Gasteiger partial charge in [-0.1, -0.05) is 31.2 Å². The highest BCUT2D eigenvalue weighted by atomic mass is 19.2. The summed E-state index contributed by atoms with van der Waals surface area (Å²) in [7, 11) is 0. The highest BCUT2D eigenvalue weighted by molar-refractivity contribution is 5.84. The van der Waals surface area contributed by atoms with Gasteiger partial charge in [0.25, 0.3) is 6.36 Å². The Kier molecular flexibility index (Phi) is 8.65. The molecule has 0 amide bonds. The molecule has 0 aromatic carbocycles. The summed E-state index contributed by atoms with van der Waals surface area (Å²) in [6.45, 7) is 4.99. The number of carbonyl (C=O) groups is 1. The molecule has 1 heterocycles. The lowest BCUT2D eigenvalue weighted by molar-refractivity contribution is -0.0132. The fourth-order valence-corrected chi connectivity index (χ4v) is 2.79. The first-order valence-corrected chi connectivity index (χ1v) is 9.72. The monoisotopic (exact) mass is 419 g/mol. The van der Waals surface area contributed by atoms with Crippen molar-refractivity contribution in [1.29, 1.82) is 0 Å². The van der Waals surface area contributed by atoms with E-state index in [2.05, 4.69) is 5.32 Å². The van der Waals surface area contributed by atoms with E-state index >= 15 is 0 Å². The standard InChI is InChI=1S/C23H27F2NO4/c1-4-19(26-14-18-12-21(23(27)28)29-16(18)3)10-8-15(2)17-6-5-7-20(11-9-17)30-22(25)13-24/h5-6,8-12,22,26H,4,7,13-14H2,1-3H3,(H,27,28)/b15-8+,19-10+. The number of furan rings is 1. The van der Waals surface area contributed by atoms with Crippen LogP contribution in [0.3, 0.4) is 0 Å². The van der Waals surface area contributed by atoms with Crippen LogP contribution in [0.15, 0.2) is 69.5 Å². The first-order chi connectivity index (χ1) is 14.3. The Labute approximate surface area is 175 Å². The molecular formula is C23H27F2NO4. The van der Waals surface area contributed by atoms with Gasteiger partial charge >= 0.3 is 5.97 Å². The Morgan fingerprint density at radius 1 is 1.40 bits per heavy atom. The number of aromatic carboxylic acids is 1. The first-order valence-electron chi connectivity index (χ1n) is 9.72. The van der Waals surface area contributed by atoms with E-state index in [1.54, 1.807) is 13.0 Å². The van der Waals surface area contributed by atoms with Gasteiger partial charge in [0.1, 0.15) is 11.5 Å². The maximum Gasteiger partial charge on any atom is 0.371 e. The molecule has 0 fully saturated rings. The molecule has 0 aliphatic heterocycles. The minimum atomic E-state index is -1.94. The molecule has 30 heavy (non-hydrogen) atoms. The lowest BCUT2D eigenvalue weighted by Crippen LogP contribution is -2.12. The zero-order valence-electron chi connectivity index (χ0n) is 17.4. The van der Waals surface area contributed by atoms with Crippen LogP contribution in [0.5, 0.6) is 0 Å². The van der Waals surface area contributed by atoms with Gasteiger partial charge in [-0.05, 0) is 49.6 Å². The molecule has 7 heteroatoms. The number of allylic oxidation sites excluding steroid dienone is 9. The molecule has 1 unspecified atom stereocenters. The number of halogens is 2. The summed E-state index contributed by atoms with van der Waals surface area (Å²) >= 11 is 0. The average molecular weight is 419 g/mol. The second kappa shape index (κ2) is 11.2. The molecule has 2 rings (SSSR count). The third kappa shape index (κ3) is 6.76. The summed E-state index contributed by atoms with van der Waals surface area (Å²) in [5, 5.41) is 12.3. The number of hydrogen-bond donors (Lipinski definition) is 2. The number of nitrogens with one attached hydrogen (secondary N) is 1. The van der Waals surface area contributed by atoms with Gasteiger partial charge in [-0.25, -0.2) is 9.18 Å². The van der Waals surface area contributed by atoms with Gasteiger partial charge < -0.3 is 19.6 Å². The van der Waals surface area contributed by atoms with E-state index in [1.807, 2.05) is 44.2 Å². The largest absolute Gasteiger partial charge is 0.475 e. The molecule has 162 valence electrons.